The maximum absolute atomic E-state index is 10.7. The number of phenols is 1. The van der Waals surface area contributed by atoms with Crippen LogP contribution in [-0.4, -0.2) is 18.4 Å². The van der Waals surface area contributed by atoms with Crippen LogP contribution in [0.3, 0.4) is 0 Å². The molecule has 0 fully saturated rings. The van der Waals surface area contributed by atoms with Gasteiger partial charge in [0.1, 0.15) is 16.5 Å². The minimum Gasteiger partial charge on any atom is -0.506 e. The van der Waals surface area contributed by atoms with Gasteiger partial charge in [0.15, 0.2) is 0 Å². The second-order valence-electron chi connectivity index (χ2n) is 3.80. The molecule has 0 unspecified atom stereocenters. The Balaban J connectivity index is 2.23. The van der Waals surface area contributed by atoms with Crippen LogP contribution in [0.25, 0.3) is 0 Å². The molecule has 1 N–H and O–H groups in total. The summed E-state index contributed by atoms with van der Waals surface area (Å²) in [5, 5.41) is 17.3. The van der Waals surface area contributed by atoms with Gasteiger partial charge in [-0.25, -0.2) is 0 Å². The monoisotopic (exact) mass is 330 g/mol. The molecular formula is C12H8Cl2N2O3S. The normalized spacial score (nSPS) is 14.7. The summed E-state index contributed by atoms with van der Waals surface area (Å²) in [5.74, 6) is -0.135. The summed E-state index contributed by atoms with van der Waals surface area (Å²) >= 11 is 11.7. The first-order valence-electron chi connectivity index (χ1n) is 5.41. The molecule has 20 heavy (non-hydrogen) atoms. The lowest BCUT2D eigenvalue weighted by Gasteiger charge is -2.03. The van der Waals surface area contributed by atoms with E-state index in [9.17, 15) is 13.5 Å². The van der Waals surface area contributed by atoms with E-state index in [1.807, 2.05) is 0 Å². The molecule has 0 bridgehead atoms. The molecule has 0 heterocycles. The van der Waals surface area contributed by atoms with Gasteiger partial charge < -0.3 is 5.11 Å². The van der Waals surface area contributed by atoms with E-state index in [4.69, 9.17) is 23.2 Å². The molecule has 1 aliphatic carbocycles. The van der Waals surface area contributed by atoms with Gasteiger partial charge >= 0.3 is 0 Å². The third kappa shape index (κ3) is 3.27. The molecule has 0 aliphatic heterocycles. The van der Waals surface area contributed by atoms with Crippen molar-refractivity contribution in [2.75, 3.05) is 0 Å². The maximum Gasteiger partial charge on any atom is 0.217 e. The standard InChI is InChI=1S/C12H8Cl2N2O3S/c13-11-9(5-6-10(17)12(11)14)16-15-7-1-3-8(4-2-7)20(18)19/h1-3,5-6,17H,4H2. The fraction of sp³-hybridized carbons (Fsp3) is 0.0833. The van der Waals surface area contributed by atoms with E-state index in [1.54, 1.807) is 6.08 Å². The number of halogens is 2. The van der Waals surface area contributed by atoms with E-state index in [0.29, 0.717) is 11.4 Å². The number of allylic oxidation sites excluding steroid dienone is 3. The smallest absolute Gasteiger partial charge is 0.217 e. The Morgan fingerprint density at radius 2 is 1.85 bits per heavy atom. The molecule has 0 radical (unpaired) electrons. The minimum absolute atomic E-state index is 0.00801. The van der Waals surface area contributed by atoms with Gasteiger partial charge in [-0.2, -0.15) is 13.5 Å². The molecule has 0 saturated carbocycles. The zero-order chi connectivity index (χ0) is 14.7. The molecule has 0 saturated heterocycles. The van der Waals surface area contributed by atoms with Crippen molar-refractivity contribution in [2.24, 2.45) is 10.2 Å². The van der Waals surface area contributed by atoms with Crippen LogP contribution in [0.2, 0.25) is 10.0 Å². The van der Waals surface area contributed by atoms with Crippen molar-refractivity contribution in [3.05, 3.63) is 46.1 Å². The lowest BCUT2D eigenvalue weighted by atomic mass is 10.1. The highest BCUT2D eigenvalue weighted by Gasteiger charge is 2.09. The van der Waals surface area contributed by atoms with Crippen molar-refractivity contribution >= 4 is 44.0 Å². The lowest BCUT2D eigenvalue weighted by molar-refractivity contribution is 0.475. The van der Waals surface area contributed by atoms with E-state index >= 15 is 0 Å². The Hall–Kier alpha value is -1.63. The highest BCUT2D eigenvalue weighted by atomic mass is 35.5. The predicted molar refractivity (Wildman–Crippen MR) is 78.4 cm³/mol. The van der Waals surface area contributed by atoms with Crippen LogP contribution in [0, 0.1) is 0 Å². The molecule has 1 aliphatic rings. The Bertz CT molecular complexity index is 772. The van der Waals surface area contributed by atoms with Crippen LogP contribution < -0.4 is 0 Å². The third-order valence-electron chi connectivity index (χ3n) is 2.48. The van der Waals surface area contributed by atoms with Gasteiger partial charge in [-0.1, -0.05) is 29.3 Å². The molecule has 0 spiro atoms. The number of rotatable bonds is 2. The van der Waals surface area contributed by atoms with E-state index in [-0.39, 0.29) is 27.1 Å². The highest BCUT2D eigenvalue weighted by molar-refractivity contribution is 7.73. The Kier molecular flexibility index (Phi) is 4.59. The van der Waals surface area contributed by atoms with Crippen LogP contribution in [0.4, 0.5) is 5.69 Å². The quantitative estimate of drug-likeness (QED) is 0.663. The van der Waals surface area contributed by atoms with Crippen LogP contribution in [0.5, 0.6) is 5.75 Å². The summed E-state index contributed by atoms with van der Waals surface area (Å²) in [6.45, 7) is 0. The number of phenolic OH excluding ortho intramolecular Hbond substituents is 1. The molecule has 104 valence electrons. The second kappa shape index (κ2) is 6.21. The number of azo groups is 1. The second-order valence-corrected chi connectivity index (χ2v) is 5.55. The van der Waals surface area contributed by atoms with Crippen molar-refractivity contribution in [1.29, 1.82) is 0 Å². The highest BCUT2D eigenvalue weighted by Crippen LogP contribution is 2.38. The van der Waals surface area contributed by atoms with Crippen molar-refractivity contribution in [3.8, 4) is 5.75 Å². The summed E-state index contributed by atoms with van der Waals surface area (Å²) in [6, 6.07) is 2.84. The summed E-state index contributed by atoms with van der Waals surface area (Å²) < 4.78 is 21.5. The molecule has 2 rings (SSSR count). The van der Waals surface area contributed by atoms with E-state index < -0.39 is 10.3 Å². The topological polar surface area (TPSA) is 79.1 Å². The SMILES string of the molecule is O=S(=O)=C1C=CC(N=Nc2ccc(O)c(Cl)c2Cl)=CC1. The molecule has 0 amide bonds. The lowest BCUT2D eigenvalue weighted by Crippen LogP contribution is -1.97. The van der Waals surface area contributed by atoms with Gasteiger partial charge in [-0.15, -0.1) is 5.11 Å². The van der Waals surface area contributed by atoms with Crippen molar-refractivity contribution in [2.45, 2.75) is 6.42 Å². The van der Waals surface area contributed by atoms with E-state index in [1.165, 1.54) is 24.3 Å². The third-order valence-corrected chi connectivity index (χ3v) is 4.07. The van der Waals surface area contributed by atoms with Crippen molar-refractivity contribution in [3.63, 3.8) is 0 Å². The zero-order valence-corrected chi connectivity index (χ0v) is 12.2. The number of hydrogen-bond donors (Lipinski definition) is 1. The largest absolute Gasteiger partial charge is 0.506 e. The average molecular weight is 331 g/mol. The number of nitrogens with zero attached hydrogens (tertiary/aromatic N) is 2. The molecule has 1 aromatic carbocycles. The predicted octanol–water partition coefficient (Wildman–Crippen LogP) is 3.68. The van der Waals surface area contributed by atoms with Crippen LogP contribution >= 0.6 is 23.2 Å². The van der Waals surface area contributed by atoms with Crippen molar-refractivity contribution < 1.29 is 13.5 Å². The maximum atomic E-state index is 10.7. The van der Waals surface area contributed by atoms with Crippen LogP contribution in [0.15, 0.2) is 46.3 Å². The fourth-order valence-electron chi connectivity index (χ4n) is 1.44. The number of hydrogen-bond acceptors (Lipinski definition) is 5. The summed E-state index contributed by atoms with van der Waals surface area (Å²) in [7, 11) is -2.22. The summed E-state index contributed by atoms with van der Waals surface area (Å²) in [5.41, 5.74) is 0.824. The Morgan fingerprint density at radius 3 is 2.45 bits per heavy atom. The van der Waals surface area contributed by atoms with Gasteiger partial charge in [0.05, 0.1) is 15.6 Å². The van der Waals surface area contributed by atoms with Gasteiger partial charge in [-0.05, 0) is 24.3 Å². The summed E-state index contributed by atoms with van der Waals surface area (Å²) in [4.78, 5) is 0.287. The molecule has 0 aromatic heterocycles. The van der Waals surface area contributed by atoms with Gasteiger partial charge in [0, 0.05) is 6.42 Å². The van der Waals surface area contributed by atoms with Crippen molar-refractivity contribution in [1.82, 2.24) is 0 Å². The Morgan fingerprint density at radius 1 is 1.10 bits per heavy atom. The van der Waals surface area contributed by atoms with Gasteiger partial charge in [0.2, 0.25) is 10.3 Å². The minimum atomic E-state index is -2.22. The number of benzene rings is 1. The van der Waals surface area contributed by atoms with E-state index in [0.717, 1.165) is 0 Å². The molecule has 1 aromatic rings. The first-order valence-corrected chi connectivity index (χ1v) is 7.24. The first kappa shape index (κ1) is 14.8. The van der Waals surface area contributed by atoms with Crippen LogP contribution in [0.1, 0.15) is 6.42 Å². The molecular weight excluding hydrogens is 323 g/mol. The van der Waals surface area contributed by atoms with Gasteiger partial charge in [-0.3, -0.25) is 0 Å². The summed E-state index contributed by atoms with van der Waals surface area (Å²) in [6.07, 6.45) is 4.90. The molecule has 0 atom stereocenters. The zero-order valence-electron chi connectivity index (χ0n) is 9.92. The average Bonchev–Trinajstić information content (AvgIpc) is 2.44. The fourth-order valence-corrected chi connectivity index (χ4v) is 2.19. The molecule has 5 nitrogen and oxygen atoms in total. The van der Waals surface area contributed by atoms with Crippen LogP contribution in [-0.2, 0) is 10.3 Å². The van der Waals surface area contributed by atoms with E-state index in [2.05, 4.69) is 10.2 Å². The molecule has 8 heteroatoms. The first-order chi connectivity index (χ1) is 9.49. The van der Waals surface area contributed by atoms with Gasteiger partial charge in [0.25, 0.3) is 0 Å². The Labute approximate surface area is 126 Å². The number of aromatic hydroxyl groups is 1.